The van der Waals surface area contributed by atoms with Crippen LogP contribution in [0.5, 0.6) is 0 Å². The monoisotopic (exact) mass is 251 g/mol. The Hall–Kier alpha value is -0.130. The lowest BCUT2D eigenvalue weighted by Crippen LogP contribution is -2.20. The zero-order valence-corrected chi connectivity index (χ0v) is 11.1. The Morgan fingerprint density at radius 2 is 1.62 bits per heavy atom. The summed E-state index contributed by atoms with van der Waals surface area (Å²) in [5.41, 5.74) is 0. The van der Waals surface area contributed by atoms with E-state index in [4.69, 9.17) is 5.11 Å². The molecule has 0 aliphatic rings. The first kappa shape index (κ1) is 15.9. The SMILES string of the molecule is CCS(=O)(=O)CCCNCCCCCCO. The third-order valence-electron chi connectivity index (χ3n) is 2.51. The first-order valence-electron chi connectivity index (χ1n) is 6.14. The van der Waals surface area contributed by atoms with Gasteiger partial charge in [-0.2, -0.15) is 0 Å². The molecule has 0 aliphatic heterocycles. The Morgan fingerprint density at radius 3 is 2.25 bits per heavy atom. The van der Waals surface area contributed by atoms with Crippen LogP contribution in [0, 0.1) is 0 Å². The van der Waals surface area contributed by atoms with Crippen LogP contribution in [0.3, 0.4) is 0 Å². The van der Waals surface area contributed by atoms with Crippen LogP contribution < -0.4 is 5.32 Å². The van der Waals surface area contributed by atoms with Crippen molar-refractivity contribution < 1.29 is 13.5 Å². The maximum atomic E-state index is 11.2. The molecule has 0 saturated carbocycles. The van der Waals surface area contributed by atoms with Crippen molar-refractivity contribution in [1.29, 1.82) is 0 Å². The van der Waals surface area contributed by atoms with E-state index >= 15 is 0 Å². The highest BCUT2D eigenvalue weighted by Gasteiger charge is 2.05. The van der Waals surface area contributed by atoms with Crippen LogP contribution in [-0.4, -0.2) is 44.7 Å². The molecule has 0 aromatic rings. The number of aliphatic hydroxyl groups excluding tert-OH is 1. The average molecular weight is 251 g/mol. The largest absolute Gasteiger partial charge is 0.396 e. The number of nitrogens with one attached hydrogen (secondary N) is 1. The van der Waals surface area contributed by atoms with Crippen LogP contribution in [0.25, 0.3) is 0 Å². The molecule has 5 heteroatoms. The van der Waals surface area contributed by atoms with Crippen LogP contribution >= 0.6 is 0 Å². The van der Waals surface area contributed by atoms with Gasteiger partial charge in [0.15, 0.2) is 0 Å². The topological polar surface area (TPSA) is 66.4 Å². The third kappa shape index (κ3) is 10.4. The van der Waals surface area contributed by atoms with E-state index in [9.17, 15) is 8.42 Å². The van der Waals surface area contributed by atoms with Gasteiger partial charge in [-0.3, -0.25) is 0 Å². The summed E-state index contributed by atoms with van der Waals surface area (Å²) in [5, 5.41) is 11.8. The molecule has 0 amide bonds. The van der Waals surface area contributed by atoms with Crippen LogP contribution in [0.4, 0.5) is 0 Å². The second-order valence-electron chi connectivity index (χ2n) is 3.98. The van der Waals surface area contributed by atoms with Crippen molar-refractivity contribution in [1.82, 2.24) is 5.32 Å². The lowest BCUT2D eigenvalue weighted by atomic mass is 10.2. The Balaban J connectivity index is 3.16. The Kier molecular flexibility index (Phi) is 9.97. The van der Waals surface area contributed by atoms with Crippen molar-refractivity contribution in [3.63, 3.8) is 0 Å². The van der Waals surface area contributed by atoms with Gasteiger partial charge < -0.3 is 10.4 Å². The first-order valence-corrected chi connectivity index (χ1v) is 7.96. The number of rotatable bonds is 11. The Morgan fingerprint density at radius 1 is 1.00 bits per heavy atom. The van der Waals surface area contributed by atoms with Gasteiger partial charge in [-0.1, -0.05) is 19.8 Å². The molecule has 0 saturated heterocycles. The molecule has 2 N–H and O–H groups in total. The molecule has 16 heavy (non-hydrogen) atoms. The summed E-state index contributed by atoms with van der Waals surface area (Å²) in [6.07, 6.45) is 4.88. The quantitative estimate of drug-likeness (QED) is 0.537. The summed E-state index contributed by atoms with van der Waals surface area (Å²) in [5.74, 6) is 0.537. The second kappa shape index (κ2) is 10.1. The standard InChI is InChI=1S/C11H25NO3S/c1-2-16(14,15)11-7-9-12-8-5-3-4-6-10-13/h12-13H,2-11H2,1H3. The van der Waals surface area contributed by atoms with E-state index in [1.807, 2.05) is 0 Å². The van der Waals surface area contributed by atoms with Crippen molar-refractivity contribution in [2.75, 3.05) is 31.2 Å². The minimum absolute atomic E-state index is 0.244. The highest BCUT2D eigenvalue weighted by Crippen LogP contribution is 1.97. The smallest absolute Gasteiger partial charge is 0.150 e. The van der Waals surface area contributed by atoms with E-state index in [-0.39, 0.29) is 12.4 Å². The van der Waals surface area contributed by atoms with Gasteiger partial charge in [-0.15, -0.1) is 0 Å². The third-order valence-corrected chi connectivity index (χ3v) is 4.30. The summed E-state index contributed by atoms with van der Waals surface area (Å²) in [7, 11) is -2.79. The second-order valence-corrected chi connectivity index (χ2v) is 6.45. The van der Waals surface area contributed by atoms with Crippen molar-refractivity contribution in [3.8, 4) is 0 Å². The van der Waals surface area contributed by atoms with Crippen molar-refractivity contribution in [3.05, 3.63) is 0 Å². The molecule has 0 atom stereocenters. The normalized spacial score (nSPS) is 11.9. The molecule has 0 unspecified atom stereocenters. The van der Waals surface area contributed by atoms with Crippen LogP contribution in [0.1, 0.15) is 39.0 Å². The van der Waals surface area contributed by atoms with Crippen molar-refractivity contribution in [2.24, 2.45) is 0 Å². The molecule has 4 nitrogen and oxygen atoms in total. The molecular formula is C11H25NO3S. The number of hydrogen-bond donors (Lipinski definition) is 2. The van der Waals surface area contributed by atoms with Gasteiger partial charge in [0, 0.05) is 12.4 Å². The predicted molar refractivity (Wildman–Crippen MR) is 67.4 cm³/mol. The molecule has 0 bridgehead atoms. The van der Waals surface area contributed by atoms with Gasteiger partial charge in [0.1, 0.15) is 9.84 Å². The minimum atomic E-state index is -2.79. The van der Waals surface area contributed by atoms with Crippen LogP contribution in [-0.2, 0) is 9.84 Å². The molecule has 0 aromatic carbocycles. The fraction of sp³-hybridized carbons (Fsp3) is 1.00. The molecule has 0 rings (SSSR count). The maximum Gasteiger partial charge on any atom is 0.150 e. The lowest BCUT2D eigenvalue weighted by molar-refractivity contribution is 0.282. The van der Waals surface area contributed by atoms with Gasteiger partial charge >= 0.3 is 0 Å². The predicted octanol–water partition coefficient (Wildman–Crippen LogP) is 0.953. The number of hydrogen-bond acceptors (Lipinski definition) is 4. The zero-order chi connectivity index (χ0) is 12.3. The molecule has 0 fully saturated rings. The van der Waals surface area contributed by atoms with E-state index in [1.165, 1.54) is 0 Å². The fourth-order valence-electron chi connectivity index (χ4n) is 1.40. The molecule has 0 aliphatic carbocycles. The van der Waals surface area contributed by atoms with E-state index in [2.05, 4.69) is 5.32 Å². The van der Waals surface area contributed by atoms with Gasteiger partial charge in [0.25, 0.3) is 0 Å². The molecule has 98 valence electrons. The van der Waals surface area contributed by atoms with Crippen LogP contribution in [0.15, 0.2) is 0 Å². The van der Waals surface area contributed by atoms with Gasteiger partial charge in [0.05, 0.1) is 5.75 Å². The molecular weight excluding hydrogens is 226 g/mol. The molecule has 0 aromatic heterocycles. The van der Waals surface area contributed by atoms with E-state index < -0.39 is 9.84 Å². The van der Waals surface area contributed by atoms with Crippen molar-refractivity contribution in [2.45, 2.75) is 39.0 Å². The number of sulfone groups is 1. The number of unbranched alkanes of at least 4 members (excludes halogenated alkanes) is 3. The van der Waals surface area contributed by atoms with Gasteiger partial charge in [-0.25, -0.2) is 8.42 Å². The van der Waals surface area contributed by atoms with E-state index in [1.54, 1.807) is 6.92 Å². The highest BCUT2D eigenvalue weighted by atomic mass is 32.2. The maximum absolute atomic E-state index is 11.2. The zero-order valence-electron chi connectivity index (χ0n) is 10.2. The summed E-state index contributed by atoms with van der Waals surface area (Å²) < 4.78 is 22.3. The summed E-state index contributed by atoms with van der Waals surface area (Å²) in [4.78, 5) is 0. The summed E-state index contributed by atoms with van der Waals surface area (Å²) in [6.45, 7) is 3.68. The van der Waals surface area contributed by atoms with E-state index in [0.717, 1.165) is 38.8 Å². The molecule has 0 heterocycles. The Bertz CT molecular complexity index is 240. The summed E-state index contributed by atoms with van der Waals surface area (Å²) in [6, 6.07) is 0. The van der Waals surface area contributed by atoms with Gasteiger partial charge in [-0.05, 0) is 32.4 Å². The summed E-state index contributed by atoms with van der Waals surface area (Å²) >= 11 is 0. The fourth-order valence-corrected chi connectivity index (χ4v) is 2.27. The average Bonchev–Trinajstić information content (AvgIpc) is 2.27. The Labute approximate surface area is 99.4 Å². The number of aliphatic hydroxyl groups is 1. The van der Waals surface area contributed by atoms with Gasteiger partial charge in [0.2, 0.25) is 0 Å². The molecule has 0 spiro atoms. The lowest BCUT2D eigenvalue weighted by Gasteiger charge is -2.04. The van der Waals surface area contributed by atoms with Crippen LogP contribution in [0.2, 0.25) is 0 Å². The minimum Gasteiger partial charge on any atom is -0.396 e. The molecule has 0 radical (unpaired) electrons. The van der Waals surface area contributed by atoms with Crippen molar-refractivity contribution >= 4 is 9.84 Å². The highest BCUT2D eigenvalue weighted by molar-refractivity contribution is 7.91. The van der Waals surface area contributed by atoms with E-state index in [0.29, 0.717) is 12.2 Å². The first-order chi connectivity index (χ1) is 7.62.